The minimum absolute atomic E-state index is 0.0158. The molecule has 0 radical (unpaired) electrons. The first-order valence-electron chi connectivity index (χ1n) is 14.6. The molecule has 0 bridgehead atoms. The predicted molar refractivity (Wildman–Crippen MR) is 168 cm³/mol. The molecule has 2 amide bonds. The molecule has 218 valence electrons. The second-order valence-electron chi connectivity index (χ2n) is 11.5. The van der Waals surface area contributed by atoms with Crippen molar-refractivity contribution in [1.82, 2.24) is 14.5 Å². The van der Waals surface area contributed by atoms with Gasteiger partial charge in [-0.3, -0.25) is 24.3 Å². The van der Waals surface area contributed by atoms with Crippen molar-refractivity contribution in [2.75, 3.05) is 36.5 Å². The van der Waals surface area contributed by atoms with Crippen LogP contribution in [-0.2, 0) is 29.1 Å². The van der Waals surface area contributed by atoms with Crippen LogP contribution in [0.25, 0.3) is 10.8 Å². The maximum atomic E-state index is 13.3. The normalized spacial score (nSPS) is 14.9. The molecule has 3 heterocycles. The third-order valence-electron chi connectivity index (χ3n) is 8.40. The van der Waals surface area contributed by atoms with Gasteiger partial charge in [0.1, 0.15) is 5.41 Å². The highest BCUT2D eigenvalue weighted by atomic mass is 16.2. The van der Waals surface area contributed by atoms with Gasteiger partial charge in [-0.25, -0.2) is 0 Å². The molecule has 0 saturated carbocycles. The fourth-order valence-corrected chi connectivity index (χ4v) is 5.74. The van der Waals surface area contributed by atoms with Gasteiger partial charge in [-0.05, 0) is 81.0 Å². The number of fused-ring (bicyclic) bond motifs is 2. The number of benzene rings is 2. The largest absolute Gasteiger partial charge is 0.314 e. The number of aromatic nitrogens is 2. The molecule has 5 rings (SSSR count). The van der Waals surface area contributed by atoms with Gasteiger partial charge in [0.25, 0.3) is 5.56 Å². The zero-order valence-electron chi connectivity index (χ0n) is 25.1. The number of pyridine rings is 2. The molecule has 8 nitrogen and oxygen atoms in total. The van der Waals surface area contributed by atoms with Crippen molar-refractivity contribution < 1.29 is 9.59 Å². The van der Waals surface area contributed by atoms with Gasteiger partial charge in [0.05, 0.1) is 11.4 Å². The molecule has 42 heavy (non-hydrogen) atoms. The van der Waals surface area contributed by atoms with Gasteiger partial charge < -0.3 is 14.4 Å². The standard InChI is InChI=1S/C34H39N5O3/c1-6-39-29-14-13-25(22-30(29)36(5)32(41)34(3,4)33(39)42)15-18-37(23-27-11-9-17-35-24(27)2)20-21-38-19-16-26-10-7-8-12-28(26)31(38)40/h7-14,16-17,19,22H,6,15,18,20-21,23H2,1-5H3. The van der Waals surface area contributed by atoms with Crippen molar-refractivity contribution in [3.8, 4) is 0 Å². The molecule has 8 heteroatoms. The van der Waals surface area contributed by atoms with Gasteiger partial charge in [0, 0.05) is 63.2 Å². The molecule has 1 aliphatic rings. The van der Waals surface area contributed by atoms with Gasteiger partial charge in [-0.2, -0.15) is 0 Å². The summed E-state index contributed by atoms with van der Waals surface area (Å²) in [4.78, 5) is 49.8. The second kappa shape index (κ2) is 11.9. The summed E-state index contributed by atoms with van der Waals surface area (Å²) >= 11 is 0. The highest BCUT2D eigenvalue weighted by Crippen LogP contribution is 2.38. The Labute approximate surface area is 247 Å². The molecule has 1 aliphatic heterocycles. The monoisotopic (exact) mass is 565 g/mol. The Morgan fingerprint density at radius 1 is 0.905 bits per heavy atom. The highest BCUT2D eigenvalue weighted by molar-refractivity contribution is 6.19. The third-order valence-corrected chi connectivity index (χ3v) is 8.40. The predicted octanol–water partition coefficient (Wildman–Crippen LogP) is 4.81. The van der Waals surface area contributed by atoms with Gasteiger partial charge in [0.2, 0.25) is 11.8 Å². The van der Waals surface area contributed by atoms with E-state index >= 15 is 0 Å². The first-order chi connectivity index (χ1) is 20.1. The summed E-state index contributed by atoms with van der Waals surface area (Å²) in [6.45, 7) is 10.5. The van der Waals surface area contributed by atoms with Crippen molar-refractivity contribution in [2.45, 2.75) is 47.2 Å². The number of rotatable bonds is 9. The Morgan fingerprint density at radius 2 is 1.69 bits per heavy atom. The van der Waals surface area contributed by atoms with Gasteiger partial charge in [-0.15, -0.1) is 0 Å². The van der Waals surface area contributed by atoms with Crippen LogP contribution < -0.4 is 15.4 Å². The first-order valence-corrected chi connectivity index (χ1v) is 14.6. The van der Waals surface area contributed by atoms with Gasteiger partial charge in [0.15, 0.2) is 0 Å². The Kier molecular flexibility index (Phi) is 8.27. The third kappa shape index (κ3) is 5.59. The first kappa shape index (κ1) is 29.2. The van der Waals surface area contributed by atoms with Crippen LogP contribution in [0.15, 0.2) is 77.9 Å². The lowest BCUT2D eigenvalue weighted by Gasteiger charge is -2.27. The Hall–Kier alpha value is -4.30. The lowest BCUT2D eigenvalue weighted by atomic mass is 9.90. The average molecular weight is 566 g/mol. The van der Waals surface area contributed by atoms with E-state index in [4.69, 9.17) is 0 Å². The minimum Gasteiger partial charge on any atom is -0.314 e. The zero-order chi connectivity index (χ0) is 30.0. The number of hydrogen-bond donors (Lipinski definition) is 0. The molecule has 0 spiro atoms. The van der Waals surface area contributed by atoms with Crippen LogP contribution in [-0.4, -0.2) is 52.9 Å². The summed E-state index contributed by atoms with van der Waals surface area (Å²) in [5.74, 6) is -0.397. The van der Waals surface area contributed by atoms with E-state index in [1.807, 2.05) is 74.6 Å². The highest BCUT2D eigenvalue weighted by Gasteiger charge is 2.45. The van der Waals surface area contributed by atoms with E-state index in [2.05, 4.69) is 16.0 Å². The lowest BCUT2D eigenvalue weighted by Crippen LogP contribution is -2.47. The summed E-state index contributed by atoms with van der Waals surface area (Å²) in [6.07, 6.45) is 4.42. The molecule has 0 N–H and O–H groups in total. The van der Waals surface area contributed by atoms with Crippen LogP contribution in [0, 0.1) is 12.3 Å². The number of amides is 2. The average Bonchev–Trinajstić information content (AvgIpc) is 3.04. The zero-order valence-corrected chi connectivity index (χ0v) is 25.1. The van der Waals surface area contributed by atoms with Crippen LogP contribution in [0.5, 0.6) is 0 Å². The van der Waals surface area contributed by atoms with Crippen molar-refractivity contribution in [2.24, 2.45) is 5.41 Å². The summed E-state index contributed by atoms with van der Waals surface area (Å²) in [5, 5.41) is 1.67. The fraction of sp³-hybridized carbons (Fsp3) is 0.353. The van der Waals surface area contributed by atoms with Crippen LogP contribution in [0.1, 0.15) is 37.6 Å². The van der Waals surface area contributed by atoms with Crippen molar-refractivity contribution >= 4 is 34.0 Å². The molecule has 0 atom stereocenters. The number of hydrogen-bond acceptors (Lipinski definition) is 5. The molecule has 0 unspecified atom stereocenters. The van der Waals surface area contributed by atoms with Crippen LogP contribution in [0.2, 0.25) is 0 Å². The van der Waals surface area contributed by atoms with E-state index in [9.17, 15) is 14.4 Å². The van der Waals surface area contributed by atoms with E-state index in [1.54, 1.807) is 41.5 Å². The summed E-state index contributed by atoms with van der Waals surface area (Å²) in [7, 11) is 1.75. The quantitative estimate of drug-likeness (QED) is 0.272. The minimum atomic E-state index is -1.14. The number of carbonyl (C=O) groups excluding carboxylic acids is 2. The molecule has 2 aromatic carbocycles. The van der Waals surface area contributed by atoms with Gasteiger partial charge >= 0.3 is 0 Å². The molecule has 4 aromatic rings. The van der Waals surface area contributed by atoms with Crippen LogP contribution in [0.3, 0.4) is 0 Å². The van der Waals surface area contributed by atoms with Crippen LogP contribution in [0.4, 0.5) is 11.4 Å². The molecule has 0 aliphatic carbocycles. The molecular formula is C34H39N5O3. The molecule has 0 saturated heterocycles. The fourth-order valence-electron chi connectivity index (χ4n) is 5.74. The Morgan fingerprint density at radius 3 is 2.45 bits per heavy atom. The van der Waals surface area contributed by atoms with Crippen molar-refractivity contribution in [3.63, 3.8) is 0 Å². The van der Waals surface area contributed by atoms with E-state index in [0.29, 0.717) is 26.2 Å². The maximum absolute atomic E-state index is 13.3. The summed E-state index contributed by atoms with van der Waals surface area (Å²) in [6, 6.07) is 19.8. The number of anilines is 2. The van der Waals surface area contributed by atoms with Crippen molar-refractivity contribution in [3.05, 3.63) is 100 Å². The van der Waals surface area contributed by atoms with E-state index in [1.165, 1.54) is 0 Å². The number of nitrogens with zero attached hydrogens (tertiary/aromatic N) is 5. The van der Waals surface area contributed by atoms with E-state index in [0.717, 1.165) is 51.9 Å². The van der Waals surface area contributed by atoms with E-state index < -0.39 is 5.41 Å². The van der Waals surface area contributed by atoms with Crippen molar-refractivity contribution in [1.29, 1.82) is 0 Å². The number of aryl methyl sites for hydroxylation is 1. The molecule has 0 fully saturated rings. The molecular weight excluding hydrogens is 526 g/mol. The number of carbonyl (C=O) groups is 2. The summed E-state index contributed by atoms with van der Waals surface area (Å²) in [5.41, 5.74) is 3.59. The Balaban J connectivity index is 1.39. The lowest BCUT2D eigenvalue weighted by molar-refractivity contribution is -0.137. The SMILES string of the molecule is CCN1C(=O)C(C)(C)C(=O)N(C)c2cc(CCN(CCn3ccc4ccccc4c3=O)Cc3cccnc3C)ccc21. The maximum Gasteiger partial charge on any atom is 0.258 e. The van der Waals surface area contributed by atoms with E-state index in [-0.39, 0.29) is 17.4 Å². The smallest absolute Gasteiger partial charge is 0.258 e. The summed E-state index contributed by atoms with van der Waals surface area (Å²) < 4.78 is 1.78. The molecule has 2 aromatic heterocycles. The van der Waals surface area contributed by atoms with Crippen LogP contribution >= 0.6 is 0 Å². The topological polar surface area (TPSA) is 78.8 Å². The second-order valence-corrected chi connectivity index (χ2v) is 11.5. The Bertz CT molecular complexity index is 1690. The van der Waals surface area contributed by atoms with Gasteiger partial charge in [-0.1, -0.05) is 30.3 Å².